The quantitative estimate of drug-likeness (QED) is 0.920. The van der Waals surface area contributed by atoms with Crippen LogP contribution in [-0.2, 0) is 10.0 Å². The molecule has 0 fully saturated rings. The number of aromatic nitrogens is 1. The Morgan fingerprint density at radius 1 is 1.18 bits per heavy atom. The number of pyridine rings is 1. The Hall–Kier alpha value is -1.92. The standard InChI is InChI=1S/C16H21N3O2S/c1-12-8-9-15(11-17-12)18-13(2)14-6-5-7-16(10-14)22(20,21)19(3)4/h5-11,13,18H,1-4H3/t13-/m0/s1. The molecule has 0 amide bonds. The van der Waals surface area contributed by atoms with E-state index in [-0.39, 0.29) is 6.04 Å². The minimum Gasteiger partial charge on any atom is -0.377 e. The molecule has 22 heavy (non-hydrogen) atoms. The summed E-state index contributed by atoms with van der Waals surface area (Å²) in [6.45, 7) is 3.92. The molecule has 1 aromatic carbocycles. The number of nitrogens with one attached hydrogen (secondary N) is 1. The summed E-state index contributed by atoms with van der Waals surface area (Å²) < 4.78 is 25.6. The third kappa shape index (κ3) is 3.64. The second-order valence-electron chi connectivity index (χ2n) is 5.41. The van der Waals surface area contributed by atoms with Gasteiger partial charge in [0.2, 0.25) is 10.0 Å². The molecule has 1 aromatic heterocycles. The predicted octanol–water partition coefficient (Wildman–Crippen LogP) is 2.81. The molecule has 1 heterocycles. The van der Waals surface area contributed by atoms with Crippen molar-refractivity contribution >= 4 is 15.7 Å². The fraction of sp³-hybridized carbons (Fsp3) is 0.312. The number of rotatable bonds is 5. The highest BCUT2D eigenvalue weighted by Crippen LogP contribution is 2.22. The maximum atomic E-state index is 12.2. The summed E-state index contributed by atoms with van der Waals surface area (Å²) in [7, 11) is -0.359. The van der Waals surface area contributed by atoms with E-state index in [1.165, 1.54) is 18.4 Å². The zero-order chi connectivity index (χ0) is 16.3. The van der Waals surface area contributed by atoms with Gasteiger partial charge in [0.1, 0.15) is 0 Å². The molecule has 0 aliphatic heterocycles. The third-order valence-corrected chi connectivity index (χ3v) is 5.24. The molecular weight excluding hydrogens is 298 g/mol. The van der Waals surface area contributed by atoms with Gasteiger partial charge in [-0.25, -0.2) is 12.7 Å². The van der Waals surface area contributed by atoms with E-state index < -0.39 is 10.0 Å². The van der Waals surface area contributed by atoms with Crippen LogP contribution in [0.15, 0.2) is 47.5 Å². The highest BCUT2D eigenvalue weighted by Gasteiger charge is 2.18. The fourth-order valence-electron chi connectivity index (χ4n) is 2.04. The maximum Gasteiger partial charge on any atom is 0.242 e. The largest absolute Gasteiger partial charge is 0.377 e. The van der Waals surface area contributed by atoms with Crippen LogP contribution in [0.1, 0.15) is 24.2 Å². The number of aryl methyl sites for hydroxylation is 1. The monoisotopic (exact) mass is 319 g/mol. The molecule has 0 aliphatic carbocycles. The van der Waals surface area contributed by atoms with Crippen molar-refractivity contribution in [1.29, 1.82) is 0 Å². The lowest BCUT2D eigenvalue weighted by Crippen LogP contribution is -2.22. The van der Waals surface area contributed by atoms with Gasteiger partial charge in [-0.3, -0.25) is 4.98 Å². The van der Waals surface area contributed by atoms with Gasteiger partial charge < -0.3 is 5.32 Å². The Morgan fingerprint density at radius 3 is 2.50 bits per heavy atom. The molecule has 5 nitrogen and oxygen atoms in total. The van der Waals surface area contributed by atoms with Gasteiger partial charge >= 0.3 is 0 Å². The van der Waals surface area contributed by atoms with E-state index in [1.54, 1.807) is 24.4 Å². The van der Waals surface area contributed by atoms with E-state index in [0.717, 1.165) is 16.9 Å². The number of hydrogen-bond donors (Lipinski definition) is 1. The maximum absolute atomic E-state index is 12.2. The van der Waals surface area contributed by atoms with Crippen molar-refractivity contribution in [3.63, 3.8) is 0 Å². The normalized spacial score (nSPS) is 13.1. The highest BCUT2D eigenvalue weighted by atomic mass is 32.2. The van der Waals surface area contributed by atoms with Gasteiger partial charge in [-0.2, -0.15) is 0 Å². The van der Waals surface area contributed by atoms with Crippen LogP contribution < -0.4 is 5.32 Å². The molecule has 0 bridgehead atoms. The van der Waals surface area contributed by atoms with Crippen LogP contribution in [0.4, 0.5) is 5.69 Å². The van der Waals surface area contributed by atoms with Crippen molar-refractivity contribution in [2.75, 3.05) is 19.4 Å². The first-order valence-corrected chi connectivity index (χ1v) is 8.46. The Labute approximate surface area is 132 Å². The Morgan fingerprint density at radius 2 is 1.91 bits per heavy atom. The summed E-state index contributed by atoms with van der Waals surface area (Å²) in [6.07, 6.45) is 1.77. The highest BCUT2D eigenvalue weighted by molar-refractivity contribution is 7.89. The first kappa shape index (κ1) is 16.5. The lowest BCUT2D eigenvalue weighted by atomic mass is 10.1. The molecular formula is C16H21N3O2S. The Kier molecular flexibility index (Phi) is 4.83. The van der Waals surface area contributed by atoms with Crippen LogP contribution in [0, 0.1) is 6.92 Å². The van der Waals surface area contributed by atoms with Crippen molar-refractivity contribution in [3.8, 4) is 0 Å². The molecule has 1 atom stereocenters. The minimum absolute atomic E-state index is 0.0261. The van der Waals surface area contributed by atoms with Crippen molar-refractivity contribution in [1.82, 2.24) is 9.29 Å². The summed E-state index contributed by atoms with van der Waals surface area (Å²) in [5.41, 5.74) is 2.76. The van der Waals surface area contributed by atoms with Gasteiger partial charge in [0, 0.05) is 25.8 Å². The van der Waals surface area contributed by atoms with E-state index in [9.17, 15) is 8.42 Å². The molecule has 2 aromatic rings. The van der Waals surface area contributed by atoms with Crippen LogP contribution >= 0.6 is 0 Å². The fourth-order valence-corrected chi connectivity index (χ4v) is 3.00. The molecule has 0 saturated heterocycles. The molecule has 0 saturated carbocycles. The van der Waals surface area contributed by atoms with Crippen LogP contribution in [0.2, 0.25) is 0 Å². The van der Waals surface area contributed by atoms with Crippen molar-refractivity contribution in [2.24, 2.45) is 0 Å². The number of nitrogens with zero attached hydrogens (tertiary/aromatic N) is 2. The zero-order valence-corrected chi connectivity index (χ0v) is 14.1. The van der Waals surface area contributed by atoms with E-state index in [1.807, 2.05) is 32.0 Å². The van der Waals surface area contributed by atoms with Gasteiger partial charge in [0.25, 0.3) is 0 Å². The van der Waals surface area contributed by atoms with Crippen LogP contribution in [0.25, 0.3) is 0 Å². The molecule has 1 N–H and O–H groups in total. The number of anilines is 1. The summed E-state index contributed by atoms with van der Waals surface area (Å²) >= 11 is 0. The van der Waals surface area contributed by atoms with Crippen LogP contribution in [-0.4, -0.2) is 31.8 Å². The molecule has 0 radical (unpaired) electrons. The second-order valence-corrected chi connectivity index (χ2v) is 7.57. The average molecular weight is 319 g/mol. The summed E-state index contributed by atoms with van der Waals surface area (Å²) in [6, 6.07) is 10.8. The second kappa shape index (κ2) is 6.46. The minimum atomic E-state index is -3.42. The van der Waals surface area contributed by atoms with Gasteiger partial charge in [-0.05, 0) is 43.7 Å². The number of hydrogen-bond acceptors (Lipinski definition) is 4. The smallest absolute Gasteiger partial charge is 0.242 e. The van der Waals surface area contributed by atoms with Crippen LogP contribution in [0.3, 0.4) is 0 Å². The number of benzene rings is 1. The molecule has 0 spiro atoms. The van der Waals surface area contributed by atoms with Gasteiger partial charge in [-0.1, -0.05) is 12.1 Å². The molecule has 6 heteroatoms. The average Bonchev–Trinajstić information content (AvgIpc) is 2.49. The van der Waals surface area contributed by atoms with Crippen molar-refractivity contribution < 1.29 is 8.42 Å². The van der Waals surface area contributed by atoms with Crippen molar-refractivity contribution in [2.45, 2.75) is 24.8 Å². The van der Waals surface area contributed by atoms with Gasteiger partial charge in [-0.15, -0.1) is 0 Å². The molecule has 0 aliphatic rings. The molecule has 0 unspecified atom stereocenters. The van der Waals surface area contributed by atoms with E-state index >= 15 is 0 Å². The third-order valence-electron chi connectivity index (χ3n) is 3.43. The predicted molar refractivity (Wildman–Crippen MR) is 88.3 cm³/mol. The number of sulfonamides is 1. The lowest BCUT2D eigenvalue weighted by molar-refractivity contribution is 0.520. The van der Waals surface area contributed by atoms with Gasteiger partial charge in [0.15, 0.2) is 0 Å². The Bertz CT molecular complexity index is 740. The zero-order valence-electron chi connectivity index (χ0n) is 13.2. The van der Waals surface area contributed by atoms with E-state index in [2.05, 4.69) is 10.3 Å². The van der Waals surface area contributed by atoms with Crippen molar-refractivity contribution in [3.05, 3.63) is 53.9 Å². The van der Waals surface area contributed by atoms with E-state index in [4.69, 9.17) is 0 Å². The summed E-state index contributed by atoms with van der Waals surface area (Å²) in [5, 5.41) is 3.32. The first-order valence-electron chi connectivity index (χ1n) is 7.02. The first-order chi connectivity index (χ1) is 10.3. The lowest BCUT2D eigenvalue weighted by Gasteiger charge is -2.17. The molecule has 118 valence electrons. The topological polar surface area (TPSA) is 62.3 Å². The summed E-state index contributed by atoms with van der Waals surface area (Å²) in [4.78, 5) is 4.54. The SMILES string of the molecule is Cc1ccc(N[C@@H](C)c2cccc(S(=O)(=O)N(C)C)c2)cn1. The van der Waals surface area contributed by atoms with Crippen LogP contribution in [0.5, 0.6) is 0 Å². The summed E-state index contributed by atoms with van der Waals surface area (Å²) in [5.74, 6) is 0. The van der Waals surface area contributed by atoms with Gasteiger partial charge in [0.05, 0.1) is 16.8 Å². The van der Waals surface area contributed by atoms with E-state index in [0.29, 0.717) is 4.90 Å². The molecule has 2 rings (SSSR count). The Balaban J connectivity index is 2.24.